The largest absolute Gasteiger partial charge is 0.507 e. The van der Waals surface area contributed by atoms with Crippen LogP contribution in [0.25, 0.3) is 21.5 Å². The van der Waals surface area contributed by atoms with E-state index in [0.717, 1.165) is 48.5 Å². The molecule has 35 heavy (non-hydrogen) atoms. The fraction of sp³-hybridized carbons (Fsp3) is 0.357. The standard InChI is InChI=1S/C28H30N2O4S/c1-4-18-14-21-26(32)22(28-29-17(2)16-35-28)15-34-27(21)23(25(18)31)24(30-12-6-5-7-13-30)19-8-10-20(33-3)11-9-19/h8-11,14-16,24,31H,4-7,12-13H2,1-3H3/t24-/m1/s1. The highest BCUT2D eigenvalue weighted by Gasteiger charge is 2.31. The number of phenols is 1. The number of benzene rings is 2. The molecular weight excluding hydrogens is 460 g/mol. The zero-order chi connectivity index (χ0) is 24.5. The second-order valence-corrected chi connectivity index (χ2v) is 9.93. The smallest absolute Gasteiger partial charge is 0.202 e. The van der Waals surface area contributed by atoms with Crippen LogP contribution in [0.1, 0.15) is 54.6 Å². The number of hydrogen-bond donors (Lipinski definition) is 1. The first kappa shape index (κ1) is 23.6. The third-order valence-corrected chi connectivity index (χ3v) is 7.84. The van der Waals surface area contributed by atoms with E-state index in [1.807, 2.05) is 43.5 Å². The van der Waals surface area contributed by atoms with Gasteiger partial charge in [0.1, 0.15) is 28.4 Å². The fourth-order valence-electron chi connectivity index (χ4n) is 5.02. The molecule has 0 radical (unpaired) electrons. The average Bonchev–Trinajstić information content (AvgIpc) is 3.32. The van der Waals surface area contributed by atoms with E-state index in [1.54, 1.807) is 13.2 Å². The molecule has 2 aromatic heterocycles. The summed E-state index contributed by atoms with van der Waals surface area (Å²) in [5, 5.41) is 14.6. The summed E-state index contributed by atoms with van der Waals surface area (Å²) >= 11 is 1.43. The van der Waals surface area contributed by atoms with Gasteiger partial charge < -0.3 is 14.3 Å². The maximum atomic E-state index is 13.7. The van der Waals surface area contributed by atoms with Crippen molar-refractivity contribution >= 4 is 22.3 Å². The number of ether oxygens (including phenoxy) is 1. The summed E-state index contributed by atoms with van der Waals surface area (Å²) in [4.78, 5) is 20.6. The Morgan fingerprint density at radius 3 is 2.57 bits per heavy atom. The number of nitrogens with zero attached hydrogens (tertiary/aromatic N) is 2. The molecule has 182 valence electrons. The van der Waals surface area contributed by atoms with E-state index in [0.29, 0.717) is 33.5 Å². The molecule has 2 aromatic carbocycles. The SMILES string of the molecule is CCc1cc2c(=O)c(-c3nc(C)cs3)coc2c([C@@H](c2ccc(OC)cc2)N2CCCCC2)c1O. The Kier molecular flexibility index (Phi) is 6.62. The van der Waals surface area contributed by atoms with E-state index in [4.69, 9.17) is 9.15 Å². The monoisotopic (exact) mass is 490 g/mol. The number of hydrogen-bond acceptors (Lipinski definition) is 7. The minimum atomic E-state index is -0.244. The number of aromatic nitrogens is 1. The number of likely N-dealkylation sites (tertiary alicyclic amines) is 1. The van der Waals surface area contributed by atoms with Crippen molar-refractivity contribution in [3.05, 3.63) is 74.6 Å². The Bertz CT molecular complexity index is 1400. The summed E-state index contributed by atoms with van der Waals surface area (Å²) < 4.78 is 11.6. The van der Waals surface area contributed by atoms with Gasteiger partial charge in [0.05, 0.1) is 29.7 Å². The lowest BCUT2D eigenvalue weighted by Gasteiger charge is -2.36. The van der Waals surface area contributed by atoms with Gasteiger partial charge in [-0.05, 0) is 68.6 Å². The highest BCUT2D eigenvalue weighted by atomic mass is 32.1. The minimum Gasteiger partial charge on any atom is -0.507 e. The van der Waals surface area contributed by atoms with E-state index in [-0.39, 0.29) is 17.2 Å². The van der Waals surface area contributed by atoms with Crippen LogP contribution in [0.3, 0.4) is 0 Å². The first-order chi connectivity index (χ1) is 17.0. The minimum absolute atomic E-state index is 0.122. The van der Waals surface area contributed by atoms with Crippen LogP contribution >= 0.6 is 11.3 Å². The van der Waals surface area contributed by atoms with E-state index in [9.17, 15) is 9.90 Å². The van der Waals surface area contributed by atoms with E-state index in [1.165, 1.54) is 24.0 Å². The van der Waals surface area contributed by atoms with Crippen LogP contribution in [-0.2, 0) is 6.42 Å². The van der Waals surface area contributed by atoms with E-state index >= 15 is 0 Å². The molecule has 0 bridgehead atoms. The van der Waals surface area contributed by atoms with Crippen molar-refractivity contribution in [1.29, 1.82) is 0 Å². The number of methoxy groups -OCH3 is 1. The molecular formula is C28H30N2O4S. The summed E-state index contributed by atoms with van der Waals surface area (Å²) in [6.07, 6.45) is 5.48. The molecule has 1 fully saturated rings. The van der Waals surface area contributed by atoms with Crippen LogP contribution in [0.15, 0.2) is 51.2 Å². The van der Waals surface area contributed by atoms with Gasteiger partial charge in [-0.15, -0.1) is 11.3 Å². The van der Waals surface area contributed by atoms with Gasteiger partial charge in [-0.3, -0.25) is 9.69 Å². The maximum absolute atomic E-state index is 13.7. The summed E-state index contributed by atoms with van der Waals surface area (Å²) in [6.45, 7) is 5.72. The van der Waals surface area contributed by atoms with Crippen LogP contribution in [0, 0.1) is 6.92 Å². The lowest BCUT2D eigenvalue weighted by Crippen LogP contribution is -2.34. The molecule has 7 heteroatoms. The Hall–Kier alpha value is -3.16. The Morgan fingerprint density at radius 2 is 1.94 bits per heavy atom. The van der Waals surface area contributed by atoms with Crippen LogP contribution in [-0.4, -0.2) is 35.2 Å². The number of phenolic OH excluding ortho intramolecular Hbond substituents is 1. The molecule has 0 amide bonds. The van der Waals surface area contributed by atoms with Crippen molar-refractivity contribution in [3.8, 4) is 22.1 Å². The summed E-state index contributed by atoms with van der Waals surface area (Å²) in [6, 6.07) is 9.49. The summed E-state index contributed by atoms with van der Waals surface area (Å²) in [5.74, 6) is 0.977. The van der Waals surface area contributed by atoms with Crippen molar-refractivity contribution in [2.45, 2.75) is 45.6 Å². The van der Waals surface area contributed by atoms with E-state index < -0.39 is 0 Å². The van der Waals surface area contributed by atoms with Gasteiger partial charge in [-0.1, -0.05) is 25.5 Å². The van der Waals surface area contributed by atoms with Crippen molar-refractivity contribution in [3.63, 3.8) is 0 Å². The molecule has 1 N–H and O–H groups in total. The van der Waals surface area contributed by atoms with Gasteiger partial charge in [0.2, 0.25) is 5.43 Å². The first-order valence-corrected chi connectivity index (χ1v) is 13.0. The van der Waals surface area contributed by atoms with Crippen molar-refractivity contribution < 1.29 is 14.3 Å². The number of aryl methyl sites for hydroxylation is 2. The van der Waals surface area contributed by atoms with Crippen LogP contribution in [0.2, 0.25) is 0 Å². The lowest BCUT2D eigenvalue weighted by atomic mass is 9.90. The highest BCUT2D eigenvalue weighted by Crippen LogP contribution is 2.42. The summed E-state index contributed by atoms with van der Waals surface area (Å²) in [7, 11) is 1.65. The predicted octanol–water partition coefficient (Wildman–Crippen LogP) is 6.08. The van der Waals surface area contributed by atoms with Gasteiger partial charge in [0.25, 0.3) is 0 Å². The Labute approximate surface area is 208 Å². The lowest BCUT2D eigenvalue weighted by molar-refractivity contribution is 0.185. The van der Waals surface area contributed by atoms with Gasteiger partial charge in [-0.25, -0.2) is 4.98 Å². The van der Waals surface area contributed by atoms with Gasteiger partial charge in [0, 0.05) is 11.1 Å². The van der Waals surface area contributed by atoms with Crippen molar-refractivity contribution in [1.82, 2.24) is 9.88 Å². The van der Waals surface area contributed by atoms with Crippen molar-refractivity contribution in [2.75, 3.05) is 20.2 Å². The third-order valence-electron chi connectivity index (χ3n) is 6.84. The average molecular weight is 491 g/mol. The van der Waals surface area contributed by atoms with E-state index in [2.05, 4.69) is 9.88 Å². The Balaban J connectivity index is 1.77. The predicted molar refractivity (Wildman–Crippen MR) is 140 cm³/mol. The topological polar surface area (TPSA) is 75.8 Å². The number of fused-ring (bicyclic) bond motifs is 1. The van der Waals surface area contributed by atoms with Crippen LogP contribution < -0.4 is 10.2 Å². The second kappa shape index (κ2) is 9.84. The second-order valence-electron chi connectivity index (χ2n) is 9.07. The van der Waals surface area contributed by atoms with Crippen LogP contribution in [0.4, 0.5) is 0 Å². The molecule has 0 unspecified atom stereocenters. The summed E-state index contributed by atoms with van der Waals surface area (Å²) in [5.41, 5.74) is 4.06. The fourth-order valence-corrected chi connectivity index (χ4v) is 5.82. The Morgan fingerprint density at radius 1 is 1.20 bits per heavy atom. The molecule has 5 rings (SSSR count). The number of aromatic hydroxyl groups is 1. The number of rotatable bonds is 6. The molecule has 0 aliphatic carbocycles. The van der Waals surface area contributed by atoms with Gasteiger partial charge >= 0.3 is 0 Å². The highest BCUT2D eigenvalue weighted by molar-refractivity contribution is 7.13. The quantitative estimate of drug-likeness (QED) is 0.353. The zero-order valence-electron chi connectivity index (χ0n) is 20.3. The third kappa shape index (κ3) is 4.34. The van der Waals surface area contributed by atoms with Gasteiger partial charge in [-0.2, -0.15) is 0 Å². The zero-order valence-corrected chi connectivity index (χ0v) is 21.2. The maximum Gasteiger partial charge on any atom is 0.202 e. The molecule has 4 aromatic rings. The molecule has 1 atom stereocenters. The molecule has 3 heterocycles. The normalized spacial score (nSPS) is 15.4. The molecule has 1 aliphatic rings. The molecule has 6 nitrogen and oxygen atoms in total. The van der Waals surface area contributed by atoms with Crippen molar-refractivity contribution in [2.24, 2.45) is 0 Å². The van der Waals surface area contributed by atoms with Gasteiger partial charge in [0.15, 0.2) is 0 Å². The molecule has 1 aliphatic heterocycles. The number of piperidine rings is 1. The molecule has 1 saturated heterocycles. The molecule has 0 saturated carbocycles. The first-order valence-electron chi connectivity index (χ1n) is 12.1. The van der Waals surface area contributed by atoms with Crippen LogP contribution in [0.5, 0.6) is 11.5 Å². The number of thiazole rings is 1. The molecule has 0 spiro atoms.